The van der Waals surface area contributed by atoms with Crippen molar-refractivity contribution in [3.05, 3.63) is 45.2 Å². The summed E-state index contributed by atoms with van der Waals surface area (Å²) in [7, 11) is 1.66. The monoisotopic (exact) mass is 296 g/mol. The van der Waals surface area contributed by atoms with Gasteiger partial charge in [0.2, 0.25) is 0 Å². The topological polar surface area (TPSA) is 48.8 Å². The van der Waals surface area contributed by atoms with E-state index in [4.69, 9.17) is 17.0 Å². The smallest absolute Gasteiger partial charge is 0.122 e. The van der Waals surface area contributed by atoms with E-state index in [2.05, 4.69) is 11.1 Å². The van der Waals surface area contributed by atoms with Gasteiger partial charge in [-0.1, -0.05) is 18.3 Å². The van der Waals surface area contributed by atoms with Crippen molar-refractivity contribution in [2.24, 2.45) is 0 Å². The number of nitrogens with zero attached hydrogens (tertiary/aromatic N) is 1. The second-order valence-electron chi connectivity index (χ2n) is 5.31. The Hall–Kier alpha value is -2.12. The van der Waals surface area contributed by atoms with Gasteiger partial charge < -0.3 is 9.72 Å². The van der Waals surface area contributed by atoms with Crippen LogP contribution >= 0.6 is 12.2 Å². The molecule has 0 bridgehead atoms. The van der Waals surface area contributed by atoms with E-state index in [0.29, 0.717) is 10.2 Å². The van der Waals surface area contributed by atoms with Crippen LogP contribution < -0.4 is 4.74 Å². The van der Waals surface area contributed by atoms with Crippen LogP contribution in [0.3, 0.4) is 0 Å². The predicted molar refractivity (Wildman–Crippen MR) is 85.1 cm³/mol. The van der Waals surface area contributed by atoms with Crippen molar-refractivity contribution in [2.45, 2.75) is 26.2 Å². The summed E-state index contributed by atoms with van der Waals surface area (Å²) in [6.07, 6.45) is 3.11. The van der Waals surface area contributed by atoms with Crippen LogP contribution in [0.15, 0.2) is 18.2 Å². The fourth-order valence-corrected chi connectivity index (χ4v) is 3.34. The lowest BCUT2D eigenvalue weighted by Crippen LogP contribution is -2.00. The van der Waals surface area contributed by atoms with Crippen molar-refractivity contribution in [3.63, 3.8) is 0 Å². The highest BCUT2D eigenvalue weighted by atomic mass is 32.1. The number of methoxy groups -OCH3 is 1. The molecule has 0 fully saturated rings. The molecule has 1 heterocycles. The zero-order valence-electron chi connectivity index (χ0n) is 12.1. The van der Waals surface area contributed by atoms with Crippen molar-refractivity contribution < 1.29 is 4.74 Å². The highest BCUT2D eigenvalue weighted by Gasteiger charge is 2.22. The molecule has 1 aromatic carbocycles. The standard InChI is InChI=1S/C17H16N2OS/c1-10-8-11(20-2)6-7-12(10)16-13-4-3-5-15(13)19-17(21)14(16)9-18/h6-8H,3-5H2,1-2H3,(H,19,21). The van der Waals surface area contributed by atoms with Crippen molar-refractivity contribution in [3.8, 4) is 22.9 Å². The van der Waals surface area contributed by atoms with E-state index >= 15 is 0 Å². The van der Waals surface area contributed by atoms with Crippen LogP contribution in [0.4, 0.5) is 0 Å². The number of ether oxygens (including phenoxy) is 1. The van der Waals surface area contributed by atoms with Crippen molar-refractivity contribution in [1.82, 2.24) is 4.98 Å². The van der Waals surface area contributed by atoms with E-state index in [0.717, 1.165) is 41.7 Å². The van der Waals surface area contributed by atoms with Crippen LogP contribution in [0.25, 0.3) is 11.1 Å². The molecule has 0 saturated heterocycles. The highest BCUT2D eigenvalue weighted by molar-refractivity contribution is 7.71. The van der Waals surface area contributed by atoms with E-state index in [1.54, 1.807) is 7.11 Å². The molecule has 1 aliphatic carbocycles. The zero-order chi connectivity index (χ0) is 15.0. The number of benzene rings is 1. The van der Waals surface area contributed by atoms with Crippen LogP contribution in [0.2, 0.25) is 0 Å². The Morgan fingerprint density at radius 3 is 2.81 bits per heavy atom. The Bertz CT molecular complexity index is 815. The minimum atomic E-state index is 0.545. The highest BCUT2D eigenvalue weighted by Crippen LogP contribution is 2.37. The quantitative estimate of drug-likeness (QED) is 0.849. The number of nitrogens with one attached hydrogen (secondary N) is 1. The van der Waals surface area contributed by atoms with Gasteiger partial charge in [-0.15, -0.1) is 0 Å². The van der Waals surface area contributed by atoms with E-state index in [1.165, 1.54) is 11.3 Å². The normalized spacial score (nSPS) is 12.8. The van der Waals surface area contributed by atoms with Gasteiger partial charge in [-0.2, -0.15) is 5.26 Å². The fourth-order valence-electron chi connectivity index (χ4n) is 3.07. The minimum absolute atomic E-state index is 0.545. The number of aromatic amines is 1. The summed E-state index contributed by atoms with van der Waals surface area (Å²) < 4.78 is 5.81. The summed E-state index contributed by atoms with van der Waals surface area (Å²) in [5.41, 5.74) is 6.19. The third-order valence-corrected chi connectivity index (χ3v) is 4.38. The van der Waals surface area contributed by atoms with Gasteiger partial charge in [-0.3, -0.25) is 0 Å². The van der Waals surface area contributed by atoms with Crippen molar-refractivity contribution in [1.29, 1.82) is 5.26 Å². The number of pyridine rings is 1. The molecule has 0 amide bonds. The summed E-state index contributed by atoms with van der Waals surface area (Å²) in [5, 5.41) is 9.52. The van der Waals surface area contributed by atoms with Crippen LogP contribution in [0, 0.1) is 22.9 Å². The zero-order valence-corrected chi connectivity index (χ0v) is 12.9. The van der Waals surface area contributed by atoms with Gasteiger partial charge in [0, 0.05) is 11.3 Å². The first kappa shape index (κ1) is 13.8. The molecule has 0 radical (unpaired) electrons. The molecule has 1 N–H and O–H groups in total. The van der Waals surface area contributed by atoms with Crippen molar-refractivity contribution >= 4 is 12.2 Å². The maximum absolute atomic E-state index is 9.52. The largest absolute Gasteiger partial charge is 0.497 e. The molecule has 0 spiro atoms. The molecule has 0 unspecified atom stereocenters. The number of aryl methyl sites for hydroxylation is 2. The van der Waals surface area contributed by atoms with Gasteiger partial charge in [-0.05, 0) is 55.0 Å². The fraction of sp³-hybridized carbons (Fsp3) is 0.294. The molecule has 3 rings (SSSR count). The van der Waals surface area contributed by atoms with Gasteiger partial charge in [0.1, 0.15) is 16.5 Å². The summed E-state index contributed by atoms with van der Waals surface area (Å²) >= 11 is 5.37. The van der Waals surface area contributed by atoms with E-state index in [9.17, 15) is 5.26 Å². The molecule has 4 heteroatoms. The number of fused-ring (bicyclic) bond motifs is 1. The first-order valence-electron chi connectivity index (χ1n) is 6.99. The lowest BCUT2D eigenvalue weighted by molar-refractivity contribution is 0.414. The lowest BCUT2D eigenvalue weighted by atomic mass is 9.92. The SMILES string of the molecule is COc1ccc(-c2c3c([nH]c(=S)c2C#N)CCC3)c(C)c1. The van der Waals surface area contributed by atoms with Crippen LogP contribution in [0.5, 0.6) is 5.75 Å². The Morgan fingerprint density at radius 1 is 1.33 bits per heavy atom. The average Bonchev–Trinajstić information content (AvgIpc) is 2.93. The Labute approximate surface area is 129 Å². The van der Waals surface area contributed by atoms with E-state index < -0.39 is 0 Å². The number of hydrogen-bond acceptors (Lipinski definition) is 3. The van der Waals surface area contributed by atoms with Gasteiger partial charge in [0.15, 0.2) is 0 Å². The second-order valence-corrected chi connectivity index (χ2v) is 5.72. The molecule has 0 saturated carbocycles. The molecule has 106 valence electrons. The van der Waals surface area contributed by atoms with Crippen molar-refractivity contribution in [2.75, 3.05) is 7.11 Å². The molecule has 21 heavy (non-hydrogen) atoms. The predicted octanol–water partition coefficient (Wildman–Crippen LogP) is 4.09. The molecule has 0 atom stereocenters. The van der Waals surface area contributed by atoms with E-state index in [-0.39, 0.29) is 0 Å². The summed E-state index contributed by atoms with van der Waals surface area (Å²) in [5.74, 6) is 0.826. The minimum Gasteiger partial charge on any atom is -0.497 e. The summed E-state index contributed by atoms with van der Waals surface area (Å²) in [4.78, 5) is 3.23. The number of H-pyrrole nitrogens is 1. The maximum atomic E-state index is 9.52. The van der Waals surface area contributed by atoms with Crippen LogP contribution in [-0.2, 0) is 12.8 Å². The molecule has 3 nitrogen and oxygen atoms in total. The first-order chi connectivity index (χ1) is 10.2. The molecule has 1 aliphatic rings. The molecule has 2 aromatic rings. The Morgan fingerprint density at radius 2 is 2.14 bits per heavy atom. The average molecular weight is 296 g/mol. The Balaban J connectivity index is 2.33. The van der Waals surface area contributed by atoms with Gasteiger partial charge in [-0.25, -0.2) is 0 Å². The molecule has 0 aliphatic heterocycles. The number of hydrogen-bond donors (Lipinski definition) is 1. The molecular formula is C17H16N2OS. The lowest BCUT2D eigenvalue weighted by Gasteiger charge is -2.14. The van der Waals surface area contributed by atoms with Gasteiger partial charge in [0.25, 0.3) is 0 Å². The summed E-state index contributed by atoms with van der Waals surface area (Å²) in [6, 6.07) is 8.24. The van der Waals surface area contributed by atoms with Gasteiger partial charge in [0.05, 0.1) is 12.7 Å². The summed E-state index contributed by atoms with van der Waals surface area (Å²) in [6.45, 7) is 2.04. The third kappa shape index (κ3) is 2.24. The molecular weight excluding hydrogens is 280 g/mol. The number of nitriles is 1. The van der Waals surface area contributed by atoms with Gasteiger partial charge >= 0.3 is 0 Å². The third-order valence-electron chi connectivity index (χ3n) is 4.08. The Kier molecular flexibility index (Phi) is 3.52. The number of aromatic nitrogens is 1. The van der Waals surface area contributed by atoms with Crippen LogP contribution in [0.1, 0.15) is 28.8 Å². The first-order valence-corrected chi connectivity index (χ1v) is 7.39. The maximum Gasteiger partial charge on any atom is 0.122 e. The molecule has 1 aromatic heterocycles. The van der Waals surface area contributed by atoms with E-state index in [1.807, 2.05) is 25.1 Å². The second kappa shape index (κ2) is 5.34. The van der Waals surface area contributed by atoms with Crippen LogP contribution in [-0.4, -0.2) is 12.1 Å². The number of rotatable bonds is 2.